The van der Waals surface area contributed by atoms with E-state index in [0.717, 1.165) is 0 Å². The second kappa shape index (κ2) is 8.09. The molecule has 0 aromatic heterocycles. The van der Waals surface area contributed by atoms with Gasteiger partial charge in [0.05, 0.1) is 27.5 Å². The first-order valence-corrected chi connectivity index (χ1v) is 8.88. The second-order valence-corrected chi connectivity index (χ2v) is 6.80. The summed E-state index contributed by atoms with van der Waals surface area (Å²) in [4.78, 5) is 2.01. The minimum absolute atomic E-state index is 0.114. The molecule has 2 aromatic carbocycles. The topological polar surface area (TPSA) is 86.2 Å². The summed E-state index contributed by atoms with van der Waals surface area (Å²) in [6.45, 7) is 0. The van der Waals surface area contributed by atoms with Gasteiger partial charge >= 0.3 is 0 Å². The Kier molecular flexibility index (Phi) is 6.11. The van der Waals surface area contributed by atoms with Crippen LogP contribution in [0.4, 0.5) is 0 Å². The van der Waals surface area contributed by atoms with Crippen molar-refractivity contribution in [3.05, 3.63) is 47.0 Å². The number of hydrazone groups is 1. The molecule has 0 heterocycles. The van der Waals surface area contributed by atoms with E-state index in [0.29, 0.717) is 17.1 Å². The molecule has 0 radical (unpaired) electrons. The van der Waals surface area contributed by atoms with Crippen LogP contribution in [0.2, 0.25) is 5.02 Å². The molecule has 0 aliphatic heterocycles. The van der Waals surface area contributed by atoms with Crippen molar-refractivity contribution >= 4 is 27.8 Å². The Hall–Kier alpha value is -2.45. The molecule has 0 bridgehead atoms. The number of para-hydroxylation sites is 1. The van der Waals surface area contributed by atoms with Crippen molar-refractivity contribution in [2.45, 2.75) is 4.90 Å². The van der Waals surface area contributed by atoms with Crippen molar-refractivity contribution in [3.8, 4) is 17.2 Å². The Morgan fingerprint density at radius 1 is 1.04 bits per heavy atom. The molecule has 25 heavy (non-hydrogen) atoms. The summed E-state index contributed by atoms with van der Waals surface area (Å²) >= 11 is 5.87. The van der Waals surface area contributed by atoms with E-state index >= 15 is 0 Å². The Morgan fingerprint density at radius 2 is 1.76 bits per heavy atom. The first-order chi connectivity index (χ1) is 11.9. The molecule has 0 aliphatic rings. The molecule has 2 aromatic rings. The molecule has 134 valence electrons. The maximum atomic E-state index is 12.4. The summed E-state index contributed by atoms with van der Waals surface area (Å²) in [5.74, 6) is 1.10. The minimum Gasteiger partial charge on any atom is -0.495 e. The molecule has 0 aliphatic carbocycles. The van der Waals surface area contributed by atoms with Crippen LogP contribution in [0.25, 0.3) is 0 Å². The summed E-state index contributed by atoms with van der Waals surface area (Å²) in [5.41, 5.74) is 0.544. The predicted molar refractivity (Wildman–Crippen MR) is 95.5 cm³/mol. The lowest BCUT2D eigenvalue weighted by Crippen LogP contribution is -2.19. The van der Waals surface area contributed by atoms with Gasteiger partial charge < -0.3 is 14.2 Å². The number of sulfonamides is 1. The van der Waals surface area contributed by atoms with Crippen LogP contribution in [-0.2, 0) is 10.0 Å². The summed E-state index contributed by atoms with van der Waals surface area (Å²) < 4.78 is 40.3. The van der Waals surface area contributed by atoms with Gasteiger partial charge in [-0.15, -0.1) is 0 Å². The van der Waals surface area contributed by atoms with Crippen LogP contribution in [0.3, 0.4) is 0 Å². The monoisotopic (exact) mass is 384 g/mol. The molecule has 1 N–H and O–H groups in total. The number of nitrogens with one attached hydrogen (secondary N) is 1. The van der Waals surface area contributed by atoms with Gasteiger partial charge in [0.2, 0.25) is 0 Å². The molecule has 0 saturated heterocycles. The number of methoxy groups -OCH3 is 3. The SMILES string of the molecule is COc1ccc(Cl)cc1S(=O)(=O)N/N=C/c1cccc(OC)c1OC. The van der Waals surface area contributed by atoms with E-state index < -0.39 is 10.0 Å². The van der Waals surface area contributed by atoms with Crippen molar-refractivity contribution in [1.82, 2.24) is 4.83 Å². The Balaban J connectivity index is 2.29. The van der Waals surface area contributed by atoms with Crippen LogP contribution in [0, 0.1) is 0 Å². The zero-order valence-electron chi connectivity index (χ0n) is 13.8. The van der Waals surface area contributed by atoms with Gasteiger partial charge in [-0.2, -0.15) is 18.4 Å². The Bertz CT molecular complexity index is 884. The minimum atomic E-state index is -3.96. The van der Waals surface area contributed by atoms with E-state index in [9.17, 15) is 8.42 Å². The fourth-order valence-corrected chi connectivity index (χ4v) is 3.31. The van der Waals surface area contributed by atoms with E-state index in [1.54, 1.807) is 18.2 Å². The number of ether oxygens (including phenoxy) is 3. The second-order valence-electron chi connectivity index (χ2n) is 4.73. The van der Waals surface area contributed by atoms with Gasteiger partial charge in [-0.05, 0) is 30.3 Å². The first-order valence-electron chi connectivity index (χ1n) is 7.02. The molecule has 0 unspecified atom stereocenters. The van der Waals surface area contributed by atoms with E-state index in [-0.39, 0.29) is 15.7 Å². The number of halogens is 1. The summed E-state index contributed by atoms with van der Waals surface area (Å²) in [7, 11) is 0.397. The number of hydrogen-bond acceptors (Lipinski definition) is 6. The number of hydrogen-bond donors (Lipinski definition) is 1. The maximum Gasteiger partial charge on any atom is 0.280 e. The quantitative estimate of drug-likeness (QED) is 0.586. The standard InChI is InChI=1S/C16H17ClN2O5S/c1-22-13-8-7-12(17)9-15(13)25(20,21)19-18-10-11-5-4-6-14(23-2)16(11)24-3/h4-10,19H,1-3H3/b18-10+. The van der Waals surface area contributed by atoms with Gasteiger partial charge in [0.15, 0.2) is 11.5 Å². The van der Waals surface area contributed by atoms with Crippen LogP contribution in [-0.4, -0.2) is 36.0 Å². The van der Waals surface area contributed by atoms with Crippen LogP contribution in [0.5, 0.6) is 17.2 Å². The van der Waals surface area contributed by atoms with E-state index in [1.165, 1.54) is 45.7 Å². The van der Waals surface area contributed by atoms with E-state index in [1.807, 2.05) is 0 Å². The fraction of sp³-hybridized carbons (Fsp3) is 0.188. The van der Waals surface area contributed by atoms with Gasteiger partial charge in [-0.1, -0.05) is 17.7 Å². The molecule has 7 nitrogen and oxygen atoms in total. The zero-order valence-corrected chi connectivity index (χ0v) is 15.4. The van der Waals surface area contributed by atoms with E-state index in [4.69, 9.17) is 25.8 Å². The predicted octanol–water partition coefficient (Wildman–Crippen LogP) is 2.68. The average molecular weight is 385 g/mol. The first kappa shape index (κ1) is 18.9. The van der Waals surface area contributed by atoms with Crippen LogP contribution >= 0.6 is 11.6 Å². The number of benzene rings is 2. The van der Waals surface area contributed by atoms with Gasteiger partial charge in [0.1, 0.15) is 10.6 Å². The molecule has 0 amide bonds. The fourth-order valence-electron chi connectivity index (χ4n) is 2.09. The highest BCUT2D eigenvalue weighted by molar-refractivity contribution is 7.89. The molecule has 0 spiro atoms. The summed E-state index contributed by atoms with van der Waals surface area (Å²) in [6, 6.07) is 9.44. The molecule has 0 fully saturated rings. The number of nitrogens with zero attached hydrogens (tertiary/aromatic N) is 1. The zero-order chi connectivity index (χ0) is 18.4. The molecule has 2 rings (SSSR count). The highest BCUT2D eigenvalue weighted by atomic mass is 35.5. The van der Waals surface area contributed by atoms with E-state index in [2.05, 4.69) is 9.93 Å². The van der Waals surface area contributed by atoms with Gasteiger partial charge in [0, 0.05) is 10.6 Å². The Labute approximate surface area is 151 Å². The molecule has 0 atom stereocenters. The highest BCUT2D eigenvalue weighted by Crippen LogP contribution is 2.30. The molecule has 0 saturated carbocycles. The Morgan fingerprint density at radius 3 is 2.40 bits per heavy atom. The van der Waals surface area contributed by atoms with Crippen LogP contribution in [0.15, 0.2) is 46.4 Å². The smallest absolute Gasteiger partial charge is 0.280 e. The maximum absolute atomic E-state index is 12.4. The summed E-state index contributed by atoms with van der Waals surface area (Å²) in [5, 5.41) is 4.05. The van der Waals surface area contributed by atoms with Crippen molar-refractivity contribution < 1.29 is 22.6 Å². The van der Waals surface area contributed by atoms with Crippen molar-refractivity contribution in [1.29, 1.82) is 0 Å². The lowest BCUT2D eigenvalue weighted by molar-refractivity contribution is 0.354. The third kappa shape index (κ3) is 4.34. The largest absolute Gasteiger partial charge is 0.495 e. The lowest BCUT2D eigenvalue weighted by atomic mass is 10.2. The van der Waals surface area contributed by atoms with Crippen molar-refractivity contribution in [2.24, 2.45) is 5.10 Å². The number of rotatable bonds is 7. The molecular weight excluding hydrogens is 368 g/mol. The third-order valence-corrected chi connectivity index (χ3v) is 4.70. The summed E-state index contributed by atoms with van der Waals surface area (Å²) in [6.07, 6.45) is 1.32. The van der Waals surface area contributed by atoms with Crippen molar-refractivity contribution in [3.63, 3.8) is 0 Å². The van der Waals surface area contributed by atoms with Gasteiger partial charge in [-0.25, -0.2) is 0 Å². The molecular formula is C16H17ClN2O5S. The lowest BCUT2D eigenvalue weighted by Gasteiger charge is -2.10. The average Bonchev–Trinajstić information content (AvgIpc) is 2.61. The highest BCUT2D eigenvalue weighted by Gasteiger charge is 2.19. The van der Waals surface area contributed by atoms with Crippen molar-refractivity contribution in [2.75, 3.05) is 21.3 Å². The van der Waals surface area contributed by atoms with Gasteiger partial charge in [-0.3, -0.25) is 0 Å². The normalized spacial score (nSPS) is 11.4. The van der Waals surface area contributed by atoms with Crippen LogP contribution < -0.4 is 19.0 Å². The van der Waals surface area contributed by atoms with Gasteiger partial charge in [0.25, 0.3) is 10.0 Å². The van der Waals surface area contributed by atoms with Crippen LogP contribution in [0.1, 0.15) is 5.56 Å². The molecule has 9 heteroatoms. The third-order valence-electron chi connectivity index (χ3n) is 3.23.